The Labute approximate surface area is 197 Å². The minimum Gasteiger partial charge on any atom is -0.466 e. The first-order valence-corrected chi connectivity index (χ1v) is 12.4. The van der Waals surface area contributed by atoms with Crippen molar-refractivity contribution in [2.45, 2.75) is 103 Å². The van der Waals surface area contributed by atoms with Gasteiger partial charge in [0.2, 0.25) is 11.8 Å². The Kier molecular flexibility index (Phi) is 7.49. The van der Waals surface area contributed by atoms with Crippen LogP contribution in [0.4, 0.5) is 0 Å². The van der Waals surface area contributed by atoms with Gasteiger partial charge in [0.25, 0.3) is 0 Å². The normalized spacial score (nSPS) is 31.1. The second-order valence-electron chi connectivity index (χ2n) is 11.7. The molecule has 0 aromatic rings. The van der Waals surface area contributed by atoms with E-state index in [2.05, 4.69) is 26.1 Å². The lowest BCUT2D eigenvalue weighted by molar-refractivity contribution is -0.154. The number of carbonyl (C=O) groups is 3. The summed E-state index contributed by atoms with van der Waals surface area (Å²) in [6.07, 6.45) is 3.69. The number of nitrogens with zero attached hydrogens (tertiary/aromatic N) is 1. The maximum absolute atomic E-state index is 13.8. The first-order chi connectivity index (χ1) is 15.4. The third kappa shape index (κ3) is 5.06. The van der Waals surface area contributed by atoms with Gasteiger partial charge >= 0.3 is 5.97 Å². The number of carbonyl (C=O) groups excluding carboxylic acids is 3. The topological polar surface area (TPSA) is 105 Å². The minimum absolute atomic E-state index is 0.0183. The van der Waals surface area contributed by atoms with Crippen LogP contribution in [0, 0.1) is 17.3 Å². The Hall–Kier alpha value is -1.67. The van der Waals surface area contributed by atoms with Gasteiger partial charge in [0.05, 0.1) is 24.5 Å². The highest BCUT2D eigenvalue weighted by atomic mass is 16.6. The summed E-state index contributed by atoms with van der Waals surface area (Å²) in [5.41, 5.74) is -1.44. The summed E-state index contributed by atoms with van der Waals surface area (Å²) in [6, 6.07) is -0.771. The summed E-state index contributed by atoms with van der Waals surface area (Å²) < 4.78 is 11.7. The highest BCUT2D eigenvalue weighted by Crippen LogP contribution is 2.58. The molecule has 0 aromatic carbocycles. The molecule has 8 heteroatoms. The van der Waals surface area contributed by atoms with Crippen molar-refractivity contribution in [2.24, 2.45) is 17.3 Å². The average molecular weight is 467 g/mol. The van der Waals surface area contributed by atoms with Crippen LogP contribution in [0.15, 0.2) is 0 Å². The quantitative estimate of drug-likeness (QED) is 0.378. The molecule has 0 radical (unpaired) electrons. The number of likely N-dealkylation sites (tertiary alicyclic amines) is 1. The number of hydrogen-bond acceptors (Lipinski definition) is 6. The highest BCUT2D eigenvalue weighted by molar-refractivity contribution is 5.98. The van der Waals surface area contributed by atoms with E-state index in [1.54, 1.807) is 11.8 Å². The van der Waals surface area contributed by atoms with E-state index in [-0.39, 0.29) is 36.5 Å². The van der Waals surface area contributed by atoms with Crippen molar-refractivity contribution in [3.63, 3.8) is 0 Å². The molecule has 5 atom stereocenters. The first kappa shape index (κ1) is 25.9. The zero-order valence-corrected chi connectivity index (χ0v) is 21.1. The molecule has 0 aliphatic carbocycles. The Morgan fingerprint density at radius 1 is 1.21 bits per heavy atom. The van der Waals surface area contributed by atoms with Crippen LogP contribution in [0.2, 0.25) is 0 Å². The summed E-state index contributed by atoms with van der Waals surface area (Å²) in [6.45, 7) is 12.9. The summed E-state index contributed by atoms with van der Waals surface area (Å²) in [5, 5.41) is 12.3. The van der Waals surface area contributed by atoms with Gasteiger partial charge in [-0.1, -0.05) is 20.8 Å². The summed E-state index contributed by atoms with van der Waals surface area (Å²) in [7, 11) is 0. The molecule has 3 fully saturated rings. The second kappa shape index (κ2) is 9.53. The number of esters is 1. The number of ether oxygens (including phenoxy) is 2. The van der Waals surface area contributed by atoms with Gasteiger partial charge in [0, 0.05) is 18.7 Å². The minimum atomic E-state index is -0.988. The molecule has 3 aliphatic rings. The third-order valence-electron chi connectivity index (χ3n) is 7.10. The van der Waals surface area contributed by atoms with Crippen molar-refractivity contribution < 1.29 is 29.0 Å². The number of nitrogens with one attached hydrogen (secondary N) is 1. The molecule has 3 saturated heterocycles. The molecule has 2 N–H and O–H groups in total. The van der Waals surface area contributed by atoms with E-state index in [1.165, 1.54) is 0 Å². The first-order valence-electron chi connectivity index (χ1n) is 12.4. The zero-order valence-electron chi connectivity index (χ0n) is 21.1. The van der Waals surface area contributed by atoms with E-state index >= 15 is 0 Å². The van der Waals surface area contributed by atoms with Crippen LogP contribution in [0.25, 0.3) is 0 Å². The van der Waals surface area contributed by atoms with Crippen LogP contribution in [0.5, 0.6) is 0 Å². The lowest BCUT2D eigenvalue weighted by Gasteiger charge is -2.38. The Morgan fingerprint density at radius 3 is 2.52 bits per heavy atom. The molecule has 188 valence electrons. The van der Waals surface area contributed by atoms with E-state index < -0.39 is 35.0 Å². The number of fused-ring (bicyclic) bond motifs is 1. The van der Waals surface area contributed by atoms with Crippen molar-refractivity contribution in [2.75, 3.05) is 19.8 Å². The van der Waals surface area contributed by atoms with Gasteiger partial charge in [0.1, 0.15) is 11.6 Å². The van der Waals surface area contributed by atoms with E-state index in [1.807, 2.05) is 13.8 Å². The van der Waals surface area contributed by atoms with Crippen LogP contribution < -0.4 is 5.32 Å². The van der Waals surface area contributed by atoms with Crippen LogP contribution in [0.1, 0.15) is 80.1 Å². The van der Waals surface area contributed by atoms with E-state index in [0.717, 1.165) is 12.8 Å². The van der Waals surface area contributed by atoms with Gasteiger partial charge in [-0.15, -0.1) is 0 Å². The molecule has 2 bridgehead atoms. The van der Waals surface area contributed by atoms with Crippen molar-refractivity contribution in [3.05, 3.63) is 0 Å². The van der Waals surface area contributed by atoms with Crippen LogP contribution in [-0.2, 0) is 23.9 Å². The smallest absolute Gasteiger partial charge is 0.312 e. The molecular weight excluding hydrogens is 424 g/mol. The van der Waals surface area contributed by atoms with Gasteiger partial charge < -0.3 is 24.8 Å². The molecule has 2 amide bonds. The predicted molar refractivity (Wildman–Crippen MR) is 123 cm³/mol. The molecule has 3 heterocycles. The Balaban J connectivity index is 1.90. The molecular formula is C25H42N2O6. The fourth-order valence-electron chi connectivity index (χ4n) is 6.54. The third-order valence-corrected chi connectivity index (χ3v) is 7.10. The molecule has 0 saturated carbocycles. The SMILES string of the molecule is CCOC(=O)[C@@H]1[C@H]2C(=O)N(CCCCCO)C(C(=O)NC(C)(C)CC(C)(C)C)C23CC[C@H]1O3. The van der Waals surface area contributed by atoms with E-state index in [9.17, 15) is 14.4 Å². The highest BCUT2D eigenvalue weighted by Gasteiger charge is 2.74. The summed E-state index contributed by atoms with van der Waals surface area (Å²) >= 11 is 0. The number of amides is 2. The average Bonchev–Trinajstić information content (AvgIpc) is 3.30. The number of rotatable bonds is 10. The van der Waals surface area contributed by atoms with E-state index in [4.69, 9.17) is 14.6 Å². The maximum Gasteiger partial charge on any atom is 0.312 e. The van der Waals surface area contributed by atoms with Crippen molar-refractivity contribution in [1.82, 2.24) is 10.2 Å². The fraction of sp³-hybridized carbons (Fsp3) is 0.880. The van der Waals surface area contributed by atoms with Crippen molar-refractivity contribution in [1.29, 1.82) is 0 Å². The van der Waals surface area contributed by atoms with Gasteiger partial charge in [-0.3, -0.25) is 14.4 Å². The molecule has 3 rings (SSSR count). The van der Waals surface area contributed by atoms with Gasteiger partial charge in [-0.25, -0.2) is 0 Å². The summed E-state index contributed by atoms with van der Waals surface area (Å²) in [4.78, 5) is 41.9. The maximum atomic E-state index is 13.8. The van der Waals surface area contributed by atoms with Gasteiger partial charge in [-0.05, 0) is 64.7 Å². The number of unbranched alkanes of at least 4 members (excludes halogenated alkanes) is 2. The summed E-state index contributed by atoms with van der Waals surface area (Å²) in [5.74, 6) is -2.15. The predicted octanol–water partition coefficient (Wildman–Crippen LogP) is 2.42. The van der Waals surface area contributed by atoms with Gasteiger partial charge in [-0.2, -0.15) is 0 Å². The molecule has 1 spiro atoms. The Bertz CT molecular complexity index is 760. The molecule has 33 heavy (non-hydrogen) atoms. The number of hydrogen-bond donors (Lipinski definition) is 2. The number of aliphatic hydroxyl groups is 1. The van der Waals surface area contributed by atoms with Crippen LogP contribution in [-0.4, -0.2) is 70.8 Å². The standard InChI is InChI=1S/C25H42N2O6/c1-7-32-22(31)17-16-11-12-25(33-16)18(17)21(30)27(13-9-8-10-14-28)19(25)20(29)26-24(5,6)15-23(2,3)4/h16-19,28H,7-15H2,1-6H3,(H,26,29)/t16-,17+,18+,19?,25?/m1/s1. The fourth-order valence-corrected chi connectivity index (χ4v) is 6.54. The van der Waals surface area contributed by atoms with Crippen molar-refractivity contribution >= 4 is 17.8 Å². The Morgan fingerprint density at radius 2 is 1.91 bits per heavy atom. The monoisotopic (exact) mass is 466 g/mol. The zero-order chi connectivity index (χ0) is 24.6. The van der Waals surface area contributed by atoms with Crippen molar-refractivity contribution in [3.8, 4) is 0 Å². The van der Waals surface area contributed by atoms with Crippen LogP contribution in [0.3, 0.4) is 0 Å². The molecule has 2 unspecified atom stereocenters. The lowest BCUT2D eigenvalue weighted by atomic mass is 9.70. The second-order valence-corrected chi connectivity index (χ2v) is 11.7. The molecule has 3 aliphatic heterocycles. The number of aliphatic hydroxyl groups excluding tert-OH is 1. The van der Waals surface area contributed by atoms with Gasteiger partial charge in [0.15, 0.2) is 0 Å². The molecule has 0 aromatic heterocycles. The lowest BCUT2D eigenvalue weighted by Crippen LogP contribution is -2.59. The molecule has 8 nitrogen and oxygen atoms in total. The van der Waals surface area contributed by atoms with Crippen LogP contribution >= 0.6 is 0 Å². The van der Waals surface area contributed by atoms with E-state index in [0.29, 0.717) is 32.2 Å². The largest absolute Gasteiger partial charge is 0.466 e.